The van der Waals surface area contributed by atoms with E-state index in [1.165, 1.54) is 12.0 Å². The van der Waals surface area contributed by atoms with E-state index in [0.29, 0.717) is 17.4 Å². The van der Waals surface area contributed by atoms with Gasteiger partial charge in [-0.25, -0.2) is 0 Å². The minimum absolute atomic E-state index is 0.129. The zero-order chi connectivity index (χ0) is 25.4. The average molecular weight is 546 g/mol. The number of carbonyl (C=O) groups is 2. The summed E-state index contributed by atoms with van der Waals surface area (Å²) < 4.78 is 12.0. The molecule has 1 atom stereocenters. The number of nitrogens with zero attached hydrogens (tertiary/aromatic N) is 1. The first kappa shape index (κ1) is 27.1. The highest BCUT2D eigenvalue weighted by Gasteiger charge is 2.28. The number of methoxy groups -OCH3 is 1. The van der Waals surface area contributed by atoms with E-state index in [1.807, 2.05) is 42.5 Å². The highest BCUT2D eigenvalue weighted by atomic mass is 79.9. The first-order chi connectivity index (χ1) is 16.8. The Morgan fingerprint density at radius 2 is 1.83 bits per heavy atom. The van der Waals surface area contributed by atoms with Gasteiger partial charge in [0.15, 0.2) is 6.61 Å². The number of hydrogen-bond donors (Lipinski definition) is 1. The van der Waals surface area contributed by atoms with Gasteiger partial charge in [-0.1, -0.05) is 51.3 Å². The van der Waals surface area contributed by atoms with Crippen LogP contribution < -0.4 is 14.8 Å². The molecule has 7 heteroatoms. The molecule has 0 spiro atoms. The number of carbonyl (C=O) groups excluding carboxylic acids is 2. The predicted octanol–water partition coefficient (Wildman–Crippen LogP) is 5.83. The molecular formula is C28H37BrN2O4. The molecule has 0 aromatic heterocycles. The van der Waals surface area contributed by atoms with Gasteiger partial charge in [-0.05, 0) is 77.0 Å². The van der Waals surface area contributed by atoms with Crippen LogP contribution in [0.25, 0.3) is 0 Å². The van der Waals surface area contributed by atoms with Crippen LogP contribution in [0.4, 0.5) is 0 Å². The molecule has 1 N–H and O–H groups in total. The molecule has 0 bridgehead atoms. The van der Waals surface area contributed by atoms with E-state index >= 15 is 0 Å². The second kappa shape index (κ2) is 13.0. The van der Waals surface area contributed by atoms with Crippen LogP contribution in [-0.4, -0.2) is 42.5 Å². The summed E-state index contributed by atoms with van der Waals surface area (Å²) in [4.78, 5) is 28.1. The number of rotatable bonds is 10. The first-order valence-electron chi connectivity index (χ1n) is 12.4. The normalized spacial score (nSPS) is 14.9. The maximum Gasteiger partial charge on any atom is 0.261 e. The molecule has 1 saturated carbocycles. The minimum Gasteiger partial charge on any atom is -0.497 e. The molecule has 2 amide bonds. The van der Waals surface area contributed by atoms with Crippen LogP contribution in [-0.2, 0) is 16.1 Å². The number of ether oxygens (including phenoxy) is 2. The Hall–Kier alpha value is -2.54. The lowest BCUT2D eigenvalue weighted by Gasteiger charge is -2.31. The van der Waals surface area contributed by atoms with Crippen molar-refractivity contribution in [1.82, 2.24) is 10.2 Å². The van der Waals surface area contributed by atoms with Crippen LogP contribution in [0.3, 0.4) is 0 Å². The van der Waals surface area contributed by atoms with E-state index < -0.39 is 6.04 Å². The smallest absolute Gasteiger partial charge is 0.261 e. The Kier molecular flexibility index (Phi) is 10.0. The van der Waals surface area contributed by atoms with Gasteiger partial charge < -0.3 is 19.7 Å². The van der Waals surface area contributed by atoms with Crippen molar-refractivity contribution in [3.8, 4) is 11.5 Å². The highest BCUT2D eigenvalue weighted by Crippen LogP contribution is 2.29. The highest BCUT2D eigenvalue weighted by molar-refractivity contribution is 9.10. The molecule has 0 saturated heterocycles. The predicted molar refractivity (Wildman–Crippen MR) is 142 cm³/mol. The lowest BCUT2D eigenvalue weighted by molar-refractivity contribution is -0.142. The Bertz CT molecular complexity index is 1000. The third-order valence-corrected chi connectivity index (χ3v) is 7.20. The van der Waals surface area contributed by atoms with E-state index in [-0.39, 0.29) is 31.0 Å². The Morgan fingerprint density at radius 1 is 1.09 bits per heavy atom. The maximum atomic E-state index is 13.4. The largest absolute Gasteiger partial charge is 0.497 e. The van der Waals surface area contributed by atoms with Gasteiger partial charge in [0, 0.05) is 12.6 Å². The van der Waals surface area contributed by atoms with Gasteiger partial charge in [-0.3, -0.25) is 9.59 Å². The zero-order valence-electron chi connectivity index (χ0n) is 21.2. The van der Waals surface area contributed by atoms with Crippen LogP contribution in [0.5, 0.6) is 11.5 Å². The molecule has 0 radical (unpaired) electrons. The molecule has 0 aliphatic heterocycles. The van der Waals surface area contributed by atoms with E-state index in [2.05, 4.69) is 35.1 Å². The molecule has 190 valence electrons. The third-order valence-electron chi connectivity index (χ3n) is 6.58. The van der Waals surface area contributed by atoms with Crippen LogP contribution in [0.1, 0.15) is 69.9 Å². The molecule has 3 rings (SSSR count). The summed E-state index contributed by atoms with van der Waals surface area (Å²) in [5, 5.41) is 3.16. The molecule has 1 unspecified atom stereocenters. The van der Waals surface area contributed by atoms with Gasteiger partial charge in [0.2, 0.25) is 5.91 Å². The lowest BCUT2D eigenvalue weighted by atomic mass is 9.95. The van der Waals surface area contributed by atoms with Crippen molar-refractivity contribution >= 4 is 27.7 Å². The standard InChI is InChI=1S/C28H37BrN2O4/c1-19(2)22-13-14-26(25(29)16-22)35-18-27(32)31(17-21-9-8-12-24(15-21)34-4)20(3)28(33)30-23-10-6-5-7-11-23/h8-9,12-16,19-20,23H,5-7,10-11,17-18H2,1-4H3,(H,30,33). The van der Waals surface area contributed by atoms with Gasteiger partial charge in [-0.2, -0.15) is 0 Å². The zero-order valence-corrected chi connectivity index (χ0v) is 22.8. The summed E-state index contributed by atoms with van der Waals surface area (Å²) in [6.45, 7) is 6.16. The molecular weight excluding hydrogens is 508 g/mol. The summed E-state index contributed by atoms with van der Waals surface area (Å²) in [7, 11) is 1.61. The van der Waals surface area contributed by atoms with Crippen molar-refractivity contribution in [2.24, 2.45) is 0 Å². The molecule has 1 fully saturated rings. The Labute approximate surface area is 217 Å². The fraction of sp³-hybridized carbons (Fsp3) is 0.500. The van der Waals surface area contributed by atoms with E-state index in [4.69, 9.17) is 9.47 Å². The SMILES string of the molecule is COc1cccc(CN(C(=O)COc2ccc(C(C)C)cc2Br)C(C)C(=O)NC2CCCCC2)c1. The quantitative estimate of drug-likeness (QED) is 0.408. The molecule has 1 aliphatic carbocycles. The van der Waals surface area contributed by atoms with Crippen molar-refractivity contribution in [2.45, 2.75) is 77.4 Å². The van der Waals surface area contributed by atoms with Crippen LogP contribution in [0.2, 0.25) is 0 Å². The minimum atomic E-state index is -0.633. The number of benzene rings is 2. The summed E-state index contributed by atoms with van der Waals surface area (Å²) in [5.41, 5.74) is 2.07. The molecule has 6 nitrogen and oxygen atoms in total. The van der Waals surface area contributed by atoms with E-state index in [9.17, 15) is 9.59 Å². The number of halogens is 1. The number of amides is 2. The monoisotopic (exact) mass is 544 g/mol. The fourth-order valence-corrected chi connectivity index (χ4v) is 4.85. The molecule has 0 heterocycles. The van der Waals surface area contributed by atoms with E-state index in [1.54, 1.807) is 18.9 Å². The topological polar surface area (TPSA) is 67.9 Å². The van der Waals surface area contributed by atoms with E-state index in [0.717, 1.165) is 35.7 Å². The van der Waals surface area contributed by atoms with Gasteiger partial charge in [0.05, 0.1) is 11.6 Å². The Morgan fingerprint density at radius 3 is 2.49 bits per heavy atom. The summed E-state index contributed by atoms with van der Waals surface area (Å²) in [6.07, 6.45) is 5.46. The van der Waals surface area contributed by atoms with Gasteiger partial charge in [0.25, 0.3) is 5.91 Å². The van der Waals surface area contributed by atoms with Gasteiger partial charge in [-0.15, -0.1) is 0 Å². The molecule has 2 aromatic rings. The van der Waals surface area contributed by atoms with Crippen molar-refractivity contribution in [1.29, 1.82) is 0 Å². The van der Waals surface area contributed by atoms with Crippen molar-refractivity contribution in [3.05, 3.63) is 58.1 Å². The second-order valence-electron chi connectivity index (χ2n) is 9.53. The second-order valence-corrected chi connectivity index (χ2v) is 10.4. The maximum absolute atomic E-state index is 13.4. The van der Waals surface area contributed by atoms with Crippen molar-refractivity contribution in [3.63, 3.8) is 0 Å². The van der Waals surface area contributed by atoms with Crippen LogP contribution in [0.15, 0.2) is 46.9 Å². The fourth-order valence-electron chi connectivity index (χ4n) is 4.33. The van der Waals surface area contributed by atoms with Gasteiger partial charge in [0.1, 0.15) is 17.5 Å². The van der Waals surface area contributed by atoms with Crippen LogP contribution >= 0.6 is 15.9 Å². The first-order valence-corrected chi connectivity index (χ1v) is 13.2. The average Bonchev–Trinajstić information content (AvgIpc) is 2.86. The number of hydrogen-bond acceptors (Lipinski definition) is 4. The summed E-state index contributed by atoms with van der Waals surface area (Å²) in [6, 6.07) is 13.0. The van der Waals surface area contributed by atoms with Crippen LogP contribution in [0, 0.1) is 0 Å². The summed E-state index contributed by atoms with van der Waals surface area (Å²) in [5.74, 6) is 1.32. The third kappa shape index (κ3) is 7.72. The molecule has 1 aliphatic rings. The van der Waals surface area contributed by atoms with Crippen molar-refractivity contribution in [2.75, 3.05) is 13.7 Å². The molecule has 2 aromatic carbocycles. The Balaban J connectivity index is 1.74. The molecule has 35 heavy (non-hydrogen) atoms. The number of nitrogens with one attached hydrogen (secondary N) is 1. The van der Waals surface area contributed by atoms with Crippen molar-refractivity contribution < 1.29 is 19.1 Å². The lowest BCUT2D eigenvalue weighted by Crippen LogP contribution is -2.51. The van der Waals surface area contributed by atoms with Gasteiger partial charge >= 0.3 is 0 Å². The summed E-state index contributed by atoms with van der Waals surface area (Å²) >= 11 is 3.55.